The van der Waals surface area contributed by atoms with Gasteiger partial charge in [-0.2, -0.15) is 0 Å². The van der Waals surface area contributed by atoms with Gasteiger partial charge in [-0.25, -0.2) is 23.5 Å². The number of nitrogens with two attached hydrogens (primary N) is 1. The molecule has 0 saturated heterocycles. The van der Waals surface area contributed by atoms with E-state index in [9.17, 15) is 22.8 Å². The van der Waals surface area contributed by atoms with Gasteiger partial charge in [-0.15, -0.1) is 0 Å². The van der Waals surface area contributed by atoms with E-state index in [1.807, 2.05) is 0 Å². The average molecular weight is 489 g/mol. The van der Waals surface area contributed by atoms with Crippen LogP contribution in [0.1, 0.15) is 35.7 Å². The molecule has 1 aromatic heterocycles. The number of nitrogens with zero attached hydrogens (tertiary/aromatic N) is 2. The van der Waals surface area contributed by atoms with Crippen LogP contribution < -0.4 is 11.2 Å². The standard InChI is InChI=1S/C22H24N4O7S/c1-22(19(27)24-30,34(2,31)32)9-10-25-13-18-11-17(12-26(18)21(25)29)8-5-15-3-6-16(7-4-15)14-33-20(23)28/h3-4,6-7,11-12,30H,9-10,13-14H2,1-2H3,(H2,23,28)(H,24,27)/t22-/m1/s1. The summed E-state index contributed by atoms with van der Waals surface area (Å²) in [7, 11) is -3.85. The van der Waals surface area contributed by atoms with Gasteiger partial charge in [-0.05, 0) is 37.1 Å². The van der Waals surface area contributed by atoms with E-state index in [-0.39, 0.29) is 32.1 Å². The van der Waals surface area contributed by atoms with E-state index >= 15 is 0 Å². The minimum absolute atomic E-state index is 0.00430. The van der Waals surface area contributed by atoms with Crippen molar-refractivity contribution in [1.29, 1.82) is 0 Å². The van der Waals surface area contributed by atoms with Crippen LogP contribution in [-0.4, -0.2) is 58.7 Å². The van der Waals surface area contributed by atoms with Crippen LogP contribution in [0.4, 0.5) is 9.59 Å². The van der Waals surface area contributed by atoms with Crippen molar-refractivity contribution in [3.8, 4) is 11.8 Å². The van der Waals surface area contributed by atoms with E-state index in [0.29, 0.717) is 11.3 Å². The highest BCUT2D eigenvalue weighted by Crippen LogP contribution is 2.25. The quantitative estimate of drug-likeness (QED) is 0.297. The van der Waals surface area contributed by atoms with Crippen molar-refractivity contribution in [2.24, 2.45) is 5.73 Å². The van der Waals surface area contributed by atoms with Gasteiger partial charge >= 0.3 is 12.1 Å². The van der Waals surface area contributed by atoms with Crippen LogP contribution in [0.25, 0.3) is 0 Å². The highest BCUT2D eigenvalue weighted by atomic mass is 32.2. The summed E-state index contributed by atoms with van der Waals surface area (Å²) in [5.74, 6) is 4.93. The molecule has 4 N–H and O–H groups in total. The number of aromatic nitrogens is 1. The second kappa shape index (κ2) is 9.58. The summed E-state index contributed by atoms with van der Waals surface area (Å²) < 4.78 is 28.5. The molecule has 2 aromatic rings. The van der Waals surface area contributed by atoms with Gasteiger partial charge in [0.25, 0.3) is 5.91 Å². The largest absolute Gasteiger partial charge is 0.445 e. The first-order chi connectivity index (χ1) is 15.9. The summed E-state index contributed by atoms with van der Waals surface area (Å²) in [6.45, 7) is 1.52. The fourth-order valence-corrected chi connectivity index (χ4v) is 4.23. The maximum atomic E-state index is 12.7. The van der Waals surface area contributed by atoms with Gasteiger partial charge in [-0.3, -0.25) is 14.6 Å². The number of hydrogen-bond acceptors (Lipinski definition) is 7. The number of ether oxygens (including phenoxy) is 1. The van der Waals surface area contributed by atoms with Crippen LogP contribution in [0.5, 0.6) is 0 Å². The van der Waals surface area contributed by atoms with E-state index in [4.69, 9.17) is 15.7 Å². The molecule has 3 rings (SSSR count). The predicted octanol–water partition coefficient (Wildman–Crippen LogP) is 0.966. The summed E-state index contributed by atoms with van der Waals surface area (Å²) in [5.41, 5.74) is 9.13. The third-order valence-electron chi connectivity index (χ3n) is 5.67. The molecule has 0 bridgehead atoms. The zero-order valence-corrected chi connectivity index (χ0v) is 19.4. The fraction of sp³-hybridized carbons (Fsp3) is 0.318. The van der Waals surface area contributed by atoms with Gasteiger partial charge in [0, 0.05) is 35.8 Å². The van der Waals surface area contributed by atoms with E-state index in [1.165, 1.54) is 21.9 Å². The molecule has 34 heavy (non-hydrogen) atoms. The summed E-state index contributed by atoms with van der Waals surface area (Å²) in [4.78, 5) is 36.8. The lowest BCUT2D eigenvalue weighted by Crippen LogP contribution is -2.50. The highest BCUT2D eigenvalue weighted by Gasteiger charge is 2.44. The van der Waals surface area contributed by atoms with E-state index in [1.54, 1.807) is 36.5 Å². The number of hydroxylamine groups is 1. The Labute approximate surface area is 196 Å². The number of primary amides is 1. The molecule has 1 aromatic carbocycles. The molecule has 1 aliphatic rings. The number of fused-ring (bicyclic) bond motifs is 1. The average Bonchev–Trinajstić information content (AvgIpc) is 3.32. The summed E-state index contributed by atoms with van der Waals surface area (Å²) in [6.07, 6.45) is 1.47. The Morgan fingerprint density at radius 3 is 2.44 bits per heavy atom. The number of nitrogens with one attached hydrogen (secondary N) is 1. The fourth-order valence-electron chi connectivity index (χ4n) is 3.38. The van der Waals surface area contributed by atoms with Gasteiger partial charge in [0.2, 0.25) is 0 Å². The molecule has 0 spiro atoms. The molecule has 11 nitrogen and oxygen atoms in total. The Balaban J connectivity index is 1.65. The topological polar surface area (TPSA) is 161 Å². The van der Waals surface area contributed by atoms with E-state index in [2.05, 4.69) is 11.8 Å². The second-order valence-corrected chi connectivity index (χ2v) is 10.5. The van der Waals surface area contributed by atoms with Crippen LogP contribution in [0.3, 0.4) is 0 Å². The van der Waals surface area contributed by atoms with Crippen LogP contribution in [0, 0.1) is 11.8 Å². The van der Waals surface area contributed by atoms with Crippen molar-refractivity contribution in [3.63, 3.8) is 0 Å². The molecule has 3 amide bonds. The molecule has 0 aliphatic carbocycles. The van der Waals surface area contributed by atoms with Crippen molar-refractivity contribution < 1.29 is 32.7 Å². The lowest BCUT2D eigenvalue weighted by Gasteiger charge is -2.27. The minimum atomic E-state index is -3.85. The third kappa shape index (κ3) is 5.22. The number of rotatable bonds is 7. The normalized spacial score (nSPS) is 14.6. The third-order valence-corrected chi connectivity index (χ3v) is 7.70. The molecule has 0 unspecified atom stereocenters. The monoisotopic (exact) mass is 488 g/mol. The highest BCUT2D eigenvalue weighted by molar-refractivity contribution is 7.92. The Hall–Kier alpha value is -3.82. The van der Waals surface area contributed by atoms with Gasteiger partial charge in [-0.1, -0.05) is 24.0 Å². The van der Waals surface area contributed by atoms with Gasteiger partial charge < -0.3 is 15.4 Å². The van der Waals surface area contributed by atoms with E-state index in [0.717, 1.165) is 17.4 Å². The molecule has 1 aliphatic heterocycles. The van der Waals surface area contributed by atoms with Crippen molar-refractivity contribution >= 4 is 27.9 Å². The molecular weight excluding hydrogens is 464 g/mol. The van der Waals surface area contributed by atoms with Crippen molar-refractivity contribution in [1.82, 2.24) is 14.9 Å². The molecule has 12 heteroatoms. The first-order valence-corrected chi connectivity index (χ1v) is 12.0. The molecule has 0 radical (unpaired) electrons. The summed E-state index contributed by atoms with van der Waals surface area (Å²) in [6, 6.07) is 8.46. The number of amides is 3. The number of hydrogen-bond donors (Lipinski definition) is 3. The Morgan fingerprint density at radius 2 is 1.88 bits per heavy atom. The lowest BCUT2D eigenvalue weighted by molar-refractivity contribution is -0.131. The summed E-state index contributed by atoms with van der Waals surface area (Å²) >= 11 is 0. The molecule has 180 valence electrons. The van der Waals surface area contributed by atoms with Crippen LogP contribution in [0.15, 0.2) is 36.5 Å². The lowest BCUT2D eigenvalue weighted by atomic mass is 10.1. The molecular formula is C22H24N4O7S. The van der Waals surface area contributed by atoms with Crippen molar-refractivity contribution in [2.75, 3.05) is 12.8 Å². The maximum absolute atomic E-state index is 12.7. The number of carbonyl (C=O) groups excluding carboxylic acids is 3. The Bertz CT molecular complexity index is 1290. The van der Waals surface area contributed by atoms with Crippen LogP contribution in [-0.2, 0) is 32.5 Å². The summed E-state index contributed by atoms with van der Waals surface area (Å²) in [5, 5.41) is 8.92. The SMILES string of the molecule is C[C@@](CCN1Cc2cc(C#Cc3ccc(COC(N)=O)cc3)cn2C1=O)(C(=O)NO)S(C)(=O)=O. The molecule has 1 atom stereocenters. The number of sulfone groups is 1. The minimum Gasteiger partial charge on any atom is -0.445 e. The van der Waals surface area contributed by atoms with Crippen LogP contribution >= 0.6 is 0 Å². The first-order valence-electron chi connectivity index (χ1n) is 10.1. The molecule has 0 fully saturated rings. The number of benzene rings is 1. The van der Waals surface area contributed by atoms with Crippen molar-refractivity contribution in [2.45, 2.75) is 31.2 Å². The molecule has 2 heterocycles. The second-order valence-electron chi connectivity index (χ2n) is 8.04. The zero-order valence-electron chi connectivity index (χ0n) is 18.6. The van der Waals surface area contributed by atoms with Gasteiger partial charge in [0.05, 0.1) is 6.54 Å². The van der Waals surface area contributed by atoms with Crippen LogP contribution in [0.2, 0.25) is 0 Å². The zero-order chi connectivity index (χ0) is 25.1. The van der Waals surface area contributed by atoms with Gasteiger partial charge in [0.15, 0.2) is 14.6 Å². The maximum Gasteiger partial charge on any atom is 0.404 e. The molecule has 0 saturated carbocycles. The van der Waals surface area contributed by atoms with Crippen molar-refractivity contribution in [3.05, 3.63) is 58.9 Å². The smallest absolute Gasteiger partial charge is 0.404 e. The van der Waals surface area contributed by atoms with Gasteiger partial charge in [0.1, 0.15) is 6.61 Å². The number of carbonyl (C=O) groups is 3. The Morgan fingerprint density at radius 1 is 1.24 bits per heavy atom. The Kier molecular flexibility index (Phi) is 6.99. The van der Waals surface area contributed by atoms with E-state index < -0.39 is 26.6 Å². The predicted molar refractivity (Wildman–Crippen MR) is 120 cm³/mol. The first kappa shape index (κ1) is 24.8.